The minimum absolute atomic E-state index is 0.216. The van der Waals surface area contributed by atoms with Gasteiger partial charge in [0.2, 0.25) is 17.5 Å². The van der Waals surface area contributed by atoms with Gasteiger partial charge in [-0.1, -0.05) is 0 Å². The van der Waals surface area contributed by atoms with Crippen molar-refractivity contribution in [3.05, 3.63) is 175 Å². The lowest BCUT2D eigenvalue weighted by atomic mass is 9.97. The minimum Gasteiger partial charge on any atom is -0.402 e. The predicted molar refractivity (Wildman–Crippen MR) is 172 cm³/mol. The average molecular weight is 1020 g/mol. The summed E-state index contributed by atoms with van der Waals surface area (Å²) >= 11 is 0. The van der Waals surface area contributed by atoms with E-state index in [2.05, 4.69) is 0 Å². The Morgan fingerprint density at radius 2 is 0.412 bits per heavy atom. The molecule has 0 saturated heterocycles. The summed E-state index contributed by atoms with van der Waals surface area (Å²) in [6, 6.07) is -0.432. The molecule has 0 radical (unpaired) electrons. The Hall–Kier alpha value is -6.63. The number of halogens is 27. The smallest absolute Gasteiger partial charge is 0.402 e. The van der Waals surface area contributed by atoms with Crippen LogP contribution in [0.2, 0.25) is 0 Å². The van der Waals surface area contributed by atoms with Crippen LogP contribution >= 0.6 is 0 Å². The van der Waals surface area contributed by atoms with Gasteiger partial charge in [-0.25, -0.2) is 119 Å². The van der Waals surface area contributed by atoms with Crippen molar-refractivity contribution in [2.45, 2.75) is 6.92 Å². The molecule has 68 heavy (non-hydrogen) atoms. The molecule has 0 spiro atoms. The van der Waals surface area contributed by atoms with E-state index in [1.807, 2.05) is 0 Å². The van der Waals surface area contributed by atoms with Crippen molar-refractivity contribution in [2.75, 3.05) is 0 Å². The molecule has 0 amide bonds. The minimum atomic E-state index is -2.53. The molecule has 0 aliphatic heterocycles. The van der Waals surface area contributed by atoms with E-state index in [4.69, 9.17) is 15.1 Å². The number of hydrogen-bond acceptors (Lipinski definition) is 3. The van der Waals surface area contributed by atoms with Gasteiger partial charge in [-0.3, -0.25) is 0 Å². The summed E-state index contributed by atoms with van der Waals surface area (Å²) in [7, 11) is -2.17. The van der Waals surface area contributed by atoms with E-state index in [1.165, 1.54) is 0 Å². The van der Waals surface area contributed by atoms with E-state index < -0.39 is 203 Å². The highest BCUT2D eigenvalue weighted by Gasteiger charge is 2.35. The summed E-state index contributed by atoms with van der Waals surface area (Å²) in [6.07, 6.45) is 0. The van der Waals surface area contributed by atoms with Crippen molar-refractivity contribution in [1.82, 2.24) is 0 Å². The fourth-order valence-corrected chi connectivity index (χ4v) is 5.06. The van der Waals surface area contributed by atoms with Crippen LogP contribution in [0.15, 0.2) is 12.1 Å². The van der Waals surface area contributed by atoms with Gasteiger partial charge in [-0.05, 0) is 24.6 Å². The van der Waals surface area contributed by atoms with Gasteiger partial charge in [0.1, 0.15) is 0 Å². The van der Waals surface area contributed by atoms with Crippen LogP contribution in [0.4, 0.5) is 119 Å². The Labute approximate surface area is 356 Å². The monoisotopic (exact) mass is 1020 g/mol. The van der Waals surface area contributed by atoms with Gasteiger partial charge >= 0.3 is 7.32 Å². The molecule has 0 unspecified atom stereocenters. The summed E-state index contributed by atoms with van der Waals surface area (Å²) in [6.45, 7) is 0.592. The van der Waals surface area contributed by atoms with Crippen LogP contribution in [-0.4, -0.2) is 22.4 Å². The molecule has 0 aliphatic rings. The zero-order valence-corrected chi connectivity index (χ0v) is 31.3. The summed E-state index contributed by atoms with van der Waals surface area (Å²) in [4.78, 5) is 0. The third-order valence-electron chi connectivity index (χ3n) is 8.13. The Morgan fingerprint density at radius 1 is 0.235 bits per heavy atom. The first-order valence-electron chi connectivity index (χ1n) is 16.3. The van der Waals surface area contributed by atoms with E-state index in [1.54, 1.807) is 0 Å². The molecule has 0 saturated carbocycles. The Balaban J connectivity index is 0.000000260. The van der Waals surface area contributed by atoms with Crippen molar-refractivity contribution in [3.63, 3.8) is 0 Å². The lowest BCUT2D eigenvalue weighted by Gasteiger charge is -2.13. The normalized spacial score (nSPS) is 10.9. The molecule has 0 fully saturated rings. The van der Waals surface area contributed by atoms with Gasteiger partial charge < -0.3 is 15.1 Å². The second-order valence-corrected chi connectivity index (χ2v) is 12.1. The van der Waals surface area contributed by atoms with Crippen LogP contribution in [0.1, 0.15) is 5.56 Å². The maximum Gasteiger partial charge on any atom is 0.631 e. The van der Waals surface area contributed by atoms with Crippen molar-refractivity contribution >= 4 is 7.32 Å². The van der Waals surface area contributed by atoms with Crippen molar-refractivity contribution in [1.29, 1.82) is 0 Å². The molecule has 6 aromatic carbocycles. The Kier molecular flexibility index (Phi) is 17.3. The number of benzene rings is 6. The molecule has 366 valence electrons. The van der Waals surface area contributed by atoms with Gasteiger partial charge in [-0.15, -0.1) is 0 Å². The first-order valence-corrected chi connectivity index (χ1v) is 16.3. The first-order chi connectivity index (χ1) is 31.2. The van der Waals surface area contributed by atoms with Gasteiger partial charge in [0.15, 0.2) is 140 Å². The molecule has 6 aromatic rings. The van der Waals surface area contributed by atoms with Crippen LogP contribution in [0, 0.1) is 164 Å². The fraction of sp³-hybridized carbons (Fsp3) is 0.0270. The van der Waals surface area contributed by atoms with E-state index >= 15 is 0 Å². The van der Waals surface area contributed by atoms with E-state index in [9.17, 15) is 119 Å². The zero-order valence-electron chi connectivity index (χ0n) is 31.3. The molecule has 3 nitrogen and oxygen atoms in total. The maximum atomic E-state index is 13.7. The average Bonchev–Trinajstić information content (AvgIpc) is 3.29. The summed E-state index contributed by atoms with van der Waals surface area (Å²) < 4.78 is 355. The molecular formula is C37H8BF27O3. The fourth-order valence-electron chi connectivity index (χ4n) is 5.06. The third kappa shape index (κ3) is 10.1. The van der Waals surface area contributed by atoms with Crippen molar-refractivity contribution < 1.29 is 134 Å². The van der Waals surface area contributed by atoms with Crippen LogP contribution in [-0.2, 0) is 0 Å². The molecule has 0 bridgehead atoms. The molecule has 0 atom stereocenters. The molecular weight excluding hydrogens is 1020 g/mol. The molecule has 6 rings (SSSR count). The molecule has 0 aromatic heterocycles. The number of rotatable bonds is 3. The molecule has 0 aliphatic carbocycles. The standard InChI is InChI=1S/C13H3F9.2C12HF9.BH3O3/c1-2-3(6(15)10(19)9(18)5(2)14)4-7(16)11(20)13(22)12(21)8(4)17;2*13-3-1-2(5(14)9(18)6(3)15)4-7(16)10(19)12(21)11(20)8(4)17;2-1(3)4/h1H3;2*1H;2-4H. The predicted octanol–water partition coefficient (Wildman–Crippen LogP) is 12.1. The molecule has 3 N–H and O–H groups in total. The second-order valence-electron chi connectivity index (χ2n) is 12.1. The highest BCUT2D eigenvalue weighted by Crippen LogP contribution is 2.39. The highest BCUT2D eigenvalue weighted by molar-refractivity contribution is 6.30. The van der Waals surface area contributed by atoms with E-state index in [-0.39, 0.29) is 12.1 Å². The quantitative estimate of drug-likeness (QED) is 0.0716. The lowest BCUT2D eigenvalue weighted by Crippen LogP contribution is -2.09. The number of hydrogen-bond donors (Lipinski definition) is 3. The van der Waals surface area contributed by atoms with Gasteiger partial charge in [-0.2, -0.15) is 0 Å². The largest absolute Gasteiger partial charge is 0.631 e. The summed E-state index contributed by atoms with van der Waals surface area (Å²) in [5.41, 5.74) is -11.7. The second kappa shape index (κ2) is 21.1. The molecule has 31 heteroatoms. The van der Waals surface area contributed by atoms with E-state index in [0.717, 1.165) is 0 Å². The maximum absolute atomic E-state index is 13.7. The van der Waals surface area contributed by atoms with Gasteiger partial charge in [0.25, 0.3) is 0 Å². The Morgan fingerprint density at radius 3 is 0.662 bits per heavy atom. The first kappa shape index (κ1) is 55.7. The SMILES string of the molecule is Cc1c(F)c(F)c(F)c(F)c1-c1c(F)c(F)c(F)c(F)c1F.Fc1cc(-c2c(F)c(F)c(F)c(F)c2F)c(F)c(F)c1F.Fc1cc(-c2c(F)c(F)c(F)c(F)c2F)c(F)c(F)c1F.OB(O)O. The zero-order chi connectivity index (χ0) is 52.6. The molecule has 0 heterocycles. The highest BCUT2D eigenvalue weighted by atomic mass is 19.2. The summed E-state index contributed by atoms with van der Waals surface area (Å²) in [5, 5.41) is 21.5. The van der Waals surface area contributed by atoms with Crippen molar-refractivity contribution in [2.24, 2.45) is 0 Å². The lowest BCUT2D eigenvalue weighted by molar-refractivity contribution is 0.278. The van der Waals surface area contributed by atoms with Crippen molar-refractivity contribution in [3.8, 4) is 33.4 Å². The van der Waals surface area contributed by atoms with Crippen LogP contribution in [0.5, 0.6) is 0 Å². The Bertz CT molecular complexity index is 2680. The van der Waals surface area contributed by atoms with Crippen LogP contribution in [0.25, 0.3) is 33.4 Å². The van der Waals surface area contributed by atoms with Crippen LogP contribution in [0.3, 0.4) is 0 Å². The summed E-state index contributed by atoms with van der Waals surface area (Å²) in [5.74, 6) is -64.4. The third-order valence-corrected chi connectivity index (χ3v) is 8.13. The topological polar surface area (TPSA) is 60.7 Å². The van der Waals surface area contributed by atoms with E-state index in [0.29, 0.717) is 6.92 Å². The van der Waals surface area contributed by atoms with Gasteiger partial charge in [0, 0.05) is 16.7 Å². The van der Waals surface area contributed by atoms with Crippen LogP contribution < -0.4 is 0 Å². The van der Waals surface area contributed by atoms with Gasteiger partial charge in [0.05, 0.1) is 16.7 Å².